The van der Waals surface area contributed by atoms with Crippen LogP contribution in [0.25, 0.3) is 0 Å². The number of nitrogens with zero attached hydrogens (tertiary/aromatic N) is 2. The maximum atomic E-state index is 12.5. The van der Waals surface area contributed by atoms with Gasteiger partial charge in [0, 0.05) is 11.6 Å². The van der Waals surface area contributed by atoms with Crippen LogP contribution in [0, 0.1) is 6.92 Å². The third-order valence-corrected chi connectivity index (χ3v) is 5.70. The van der Waals surface area contributed by atoms with Crippen LogP contribution < -0.4 is 4.72 Å². The van der Waals surface area contributed by atoms with Gasteiger partial charge in [-0.2, -0.15) is 5.10 Å². The molecule has 1 aromatic heterocycles. The molecule has 25 heavy (non-hydrogen) atoms. The van der Waals surface area contributed by atoms with E-state index in [0.29, 0.717) is 11.5 Å². The molecule has 1 heterocycles. The van der Waals surface area contributed by atoms with E-state index in [-0.39, 0.29) is 16.1 Å². The number of nitrogens with one attached hydrogen (secondary N) is 1. The molecule has 2 aromatic rings. The molecule has 0 saturated heterocycles. The third kappa shape index (κ3) is 3.61. The lowest BCUT2D eigenvalue weighted by molar-refractivity contribution is 0.0975. The normalized spacial score (nSPS) is 15.2. The van der Waals surface area contributed by atoms with Gasteiger partial charge in [0.2, 0.25) is 0 Å². The molecule has 1 fully saturated rings. The zero-order chi connectivity index (χ0) is 18.4. The lowest BCUT2D eigenvalue weighted by Gasteiger charge is -2.22. The molecule has 0 aliphatic heterocycles. The van der Waals surface area contributed by atoms with Crippen molar-refractivity contribution in [2.24, 2.45) is 0 Å². The molecule has 134 valence electrons. The van der Waals surface area contributed by atoms with E-state index in [2.05, 4.69) is 9.82 Å². The quantitative estimate of drug-likeness (QED) is 0.908. The summed E-state index contributed by atoms with van der Waals surface area (Å²) in [5, 5.41) is 4.38. The highest BCUT2D eigenvalue weighted by Gasteiger charge is 2.33. The highest BCUT2D eigenvalue weighted by atomic mass is 32.2. The zero-order valence-corrected chi connectivity index (χ0v) is 15.7. The lowest BCUT2D eigenvalue weighted by Crippen LogP contribution is -2.32. The minimum absolute atomic E-state index is 0.0982. The molecule has 0 atom stereocenters. The van der Waals surface area contributed by atoms with Crippen molar-refractivity contribution in [3.05, 3.63) is 47.3 Å². The Morgan fingerprint density at radius 3 is 2.44 bits per heavy atom. The van der Waals surface area contributed by atoms with Gasteiger partial charge in [-0.3, -0.25) is 9.48 Å². The number of aryl methyl sites for hydroxylation is 1. The highest BCUT2D eigenvalue weighted by molar-refractivity contribution is 7.90. The Bertz CT molecular complexity index is 919. The number of aromatic nitrogens is 2. The Balaban J connectivity index is 1.90. The fraction of sp³-hybridized carbons (Fsp3) is 0.444. The second kappa shape index (κ2) is 5.98. The Hall–Kier alpha value is -2.15. The second-order valence-electron chi connectivity index (χ2n) is 7.51. The van der Waals surface area contributed by atoms with Gasteiger partial charge in [-0.15, -0.1) is 0 Å². The minimum atomic E-state index is -3.93. The van der Waals surface area contributed by atoms with Crippen LogP contribution in [0.3, 0.4) is 0 Å². The van der Waals surface area contributed by atoms with Gasteiger partial charge in [0.1, 0.15) is 0 Å². The molecular weight excluding hydrogens is 338 g/mol. The van der Waals surface area contributed by atoms with Crippen molar-refractivity contribution in [2.75, 3.05) is 0 Å². The number of hydrogen-bond acceptors (Lipinski definition) is 4. The fourth-order valence-corrected chi connectivity index (χ4v) is 4.01. The summed E-state index contributed by atoms with van der Waals surface area (Å²) in [7, 11) is -3.93. The van der Waals surface area contributed by atoms with E-state index in [1.165, 1.54) is 6.07 Å². The first-order valence-electron chi connectivity index (χ1n) is 8.33. The Morgan fingerprint density at radius 1 is 1.24 bits per heavy atom. The summed E-state index contributed by atoms with van der Waals surface area (Å²) in [6, 6.07) is 8.27. The Kier molecular flexibility index (Phi) is 4.23. The maximum absolute atomic E-state index is 12.5. The number of rotatable bonds is 4. The summed E-state index contributed by atoms with van der Waals surface area (Å²) in [5.74, 6) is -0.297. The van der Waals surface area contributed by atoms with E-state index in [1.807, 2.05) is 25.5 Å². The maximum Gasteiger partial charge on any atom is 0.285 e. The zero-order valence-electron chi connectivity index (χ0n) is 14.9. The monoisotopic (exact) mass is 361 g/mol. The molecule has 6 nitrogen and oxygen atoms in total. The number of sulfonamides is 1. The van der Waals surface area contributed by atoms with E-state index >= 15 is 0 Å². The van der Waals surface area contributed by atoms with E-state index in [0.717, 1.165) is 18.5 Å². The topological polar surface area (TPSA) is 81.1 Å². The van der Waals surface area contributed by atoms with Crippen LogP contribution in [0.4, 0.5) is 0 Å². The molecule has 0 radical (unpaired) electrons. The van der Waals surface area contributed by atoms with E-state index in [4.69, 9.17) is 0 Å². The standard InChI is InChI=1S/C18H23N3O3S/c1-12-7-5-6-8-16(12)25(23,24)20-17(22)14-11-15(13-9-10-13)21(19-14)18(2,3)4/h5-8,11,13H,9-10H2,1-4H3,(H,20,22). The second-order valence-corrected chi connectivity index (χ2v) is 9.16. The van der Waals surface area contributed by atoms with E-state index in [1.54, 1.807) is 31.2 Å². The van der Waals surface area contributed by atoms with Crippen molar-refractivity contribution < 1.29 is 13.2 Å². The average molecular weight is 361 g/mol. The molecule has 7 heteroatoms. The summed E-state index contributed by atoms with van der Waals surface area (Å²) in [4.78, 5) is 12.6. The predicted octanol–water partition coefficient (Wildman–Crippen LogP) is 2.94. The Morgan fingerprint density at radius 2 is 1.88 bits per heavy atom. The lowest BCUT2D eigenvalue weighted by atomic mass is 10.1. The predicted molar refractivity (Wildman–Crippen MR) is 95.0 cm³/mol. The van der Waals surface area contributed by atoms with Crippen molar-refractivity contribution in [1.29, 1.82) is 0 Å². The third-order valence-electron chi connectivity index (χ3n) is 4.21. The first-order valence-corrected chi connectivity index (χ1v) is 9.81. The summed E-state index contributed by atoms with van der Waals surface area (Å²) in [6.07, 6.45) is 2.15. The summed E-state index contributed by atoms with van der Waals surface area (Å²) in [5.41, 5.74) is 1.44. The highest BCUT2D eigenvalue weighted by Crippen LogP contribution is 2.41. The van der Waals surface area contributed by atoms with Crippen molar-refractivity contribution >= 4 is 15.9 Å². The molecule has 1 N–H and O–H groups in total. The number of carbonyl (C=O) groups excluding carboxylic acids is 1. The minimum Gasteiger partial charge on any atom is -0.266 e. The molecule has 1 amide bonds. The summed E-state index contributed by atoms with van der Waals surface area (Å²) in [6.45, 7) is 7.73. The van der Waals surface area contributed by atoms with Gasteiger partial charge in [0.15, 0.2) is 5.69 Å². The van der Waals surface area contributed by atoms with Crippen LogP contribution in [-0.4, -0.2) is 24.1 Å². The van der Waals surface area contributed by atoms with Gasteiger partial charge < -0.3 is 0 Å². The van der Waals surface area contributed by atoms with Gasteiger partial charge in [-0.25, -0.2) is 13.1 Å². The van der Waals surface area contributed by atoms with Crippen molar-refractivity contribution in [3.63, 3.8) is 0 Å². The average Bonchev–Trinajstić information content (AvgIpc) is 3.23. The van der Waals surface area contributed by atoms with Gasteiger partial charge in [-0.05, 0) is 58.2 Å². The molecular formula is C18H23N3O3S. The van der Waals surface area contributed by atoms with Crippen LogP contribution >= 0.6 is 0 Å². The van der Waals surface area contributed by atoms with Crippen molar-refractivity contribution in [3.8, 4) is 0 Å². The van der Waals surface area contributed by atoms with Crippen LogP contribution in [0.2, 0.25) is 0 Å². The van der Waals surface area contributed by atoms with Gasteiger partial charge in [0.25, 0.3) is 15.9 Å². The largest absolute Gasteiger partial charge is 0.285 e. The van der Waals surface area contributed by atoms with Crippen LogP contribution in [-0.2, 0) is 15.6 Å². The molecule has 1 aliphatic rings. The summed E-state index contributed by atoms with van der Waals surface area (Å²) < 4.78 is 29.0. The molecule has 0 unspecified atom stereocenters. The van der Waals surface area contributed by atoms with Gasteiger partial charge in [-0.1, -0.05) is 18.2 Å². The molecule has 0 spiro atoms. The number of carbonyl (C=O) groups is 1. The van der Waals surface area contributed by atoms with E-state index in [9.17, 15) is 13.2 Å². The Labute approximate surface area is 148 Å². The number of hydrogen-bond donors (Lipinski definition) is 1. The van der Waals surface area contributed by atoms with Gasteiger partial charge >= 0.3 is 0 Å². The smallest absolute Gasteiger partial charge is 0.266 e. The first-order chi connectivity index (χ1) is 11.6. The molecule has 1 aromatic carbocycles. The van der Waals surface area contributed by atoms with Crippen molar-refractivity contribution in [1.82, 2.24) is 14.5 Å². The molecule has 1 saturated carbocycles. The molecule has 1 aliphatic carbocycles. The van der Waals surface area contributed by atoms with Crippen LogP contribution in [0.5, 0.6) is 0 Å². The number of benzene rings is 1. The summed E-state index contributed by atoms with van der Waals surface area (Å²) >= 11 is 0. The fourth-order valence-electron chi connectivity index (χ4n) is 2.80. The van der Waals surface area contributed by atoms with E-state index < -0.39 is 15.9 Å². The SMILES string of the molecule is Cc1ccccc1S(=O)(=O)NC(=O)c1cc(C2CC2)n(C(C)(C)C)n1. The van der Waals surface area contributed by atoms with Gasteiger partial charge in [0.05, 0.1) is 10.4 Å². The molecule has 3 rings (SSSR count). The number of amides is 1. The molecule has 0 bridgehead atoms. The van der Waals surface area contributed by atoms with Crippen LogP contribution in [0.1, 0.15) is 61.3 Å². The van der Waals surface area contributed by atoms with Crippen LogP contribution in [0.15, 0.2) is 35.2 Å². The first kappa shape index (κ1) is 17.7. The van der Waals surface area contributed by atoms with Crippen molar-refractivity contribution in [2.45, 2.75) is 56.9 Å².